The van der Waals surface area contributed by atoms with Gasteiger partial charge in [0.05, 0.1) is 24.2 Å². The molecule has 2 heterocycles. The molecule has 1 amide bonds. The van der Waals surface area contributed by atoms with Crippen LogP contribution in [0.1, 0.15) is 32.2 Å². The summed E-state index contributed by atoms with van der Waals surface area (Å²) in [6.45, 7) is 14.7. The number of carbonyl (C=O) groups excluding carboxylic acids is 1. The molecule has 1 atom stereocenters. The van der Waals surface area contributed by atoms with Crippen molar-refractivity contribution in [3.63, 3.8) is 0 Å². The highest BCUT2D eigenvalue weighted by Crippen LogP contribution is 2.27. The zero-order chi connectivity index (χ0) is 21.0. The van der Waals surface area contributed by atoms with Crippen molar-refractivity contribution >= 4 is 29.0 Å². The topological polar surface area (TPSA) is 59.4 Å². The maximum atomic E-state index is 12.7. The van der Waals surface area contributed by atoms with Gasteiger partial charge < -0.3 is 19.5 Å². The lowest BCUT2D eigenvalue weighted by Gasteiger charge is -2.28. The first-order valence-corrected chi connectivity index (χ1v) is 11.2. The Morgan fingerprint density at radius 2 is 1.83 bits per heavy atom. The number of thioether (sulfide) groups is 1. The lowest BCUT2D eigenvalue weighted by Crippen LogP contribution is -2.36. The Bertz CT molecular complexity index is 826. The Labute approximate surface area is 178 Å². The van der Waals surface area contributed by atoms with Gasteiger partial charge in [-0.1, -0.05) is 25.6 Å². The monoisotopic (exact) mass is 416 g/mol. The van der Waals surface area contributed by atoms with Crippen LogP contribution in [0.2, 0.25) is 0 Å². The van der Waals surface area contributed by atoms with Crippen molar-refractivity contribution in [3.8, 4) is 0 Å². The molecule has 1 aromatic heterocycles. The van der Waals surface area contributed by atoms with Crippen LogP contribution in [-0.2, 0) is 16.1 Å². The lowest BCUT2D eigenvalue weighted by atomic mass is 10.2. The van der Waals surface area contributed by atoms with E-state index in [1.54, 1.807) is 0 Å². The molecule has 1 aliphatic rings. The summed E-state index contributed by atoms with van der Waals surface area (Å²) < 4.78 is 7.63. The molecule has 0 unspecified atom stereocenters. The zero-order valence-corrected chi connectivity index (χ0v) is 18.9. The predicted molar refractivity (Wildman–Crippen MR) is 120 cm³/mol. The second-order valence-electron chi connectivity index (χ2n) is 7.97. The second-order valence-corrected chi connectivity index (χ2v) is 9.27. The molecule has 0 aliphatic carbocycles. The average molecular weight is 417 g/mol. The first-order valence-electron chi connectivity index (χ1n) is 10.3. The third-order valence-corrected chi connectivity index (χ3v) is 6.22. The molecule has 0 bridgehead atoms. The number of amides is 1. The number of morpholine rings is 1. The number of rotatable bonds is 7. The molecular formula is C22H32N4O2S. The molecule has 0 spiro atoms. The molecular weight excluding hydrogens is 384 g/mol. The Morgan fingerprint density at radius 1 is 1.17 bits per heavy atom. The van der Waals surface area contributed by atoms with Gasteiger partial charge in [-0.3, -0.25) is 4.79 Å². The van der Waals surface area contributed by atoms with Crippen LogP contribution in [0.15, 0.2) is 29.4 Å². The molecule has 0 radical (unpaired) electrons. The molecule has 29 heavy (non-hydrogen) atoms. The third kappa shape index (κ3) is 5.54. The van der Waals surface area contributed by atoms with Crippen molar-refractivity contribution in [1.29, 1.82) is 0 Å². The number of nitrogens with one attached hydrogen (secondary N) is 1. The highest BCUT2D eigenvalue weighted by Gasteiger charge is 2.20. The van der Waals surface area contributed by atoms with Gasteiger partial charge in [0.1, 0.15) is 0 Å². The molecule has 1 N–H and O–H groups in total. The van der Waals surface area contributed by atoms with Crippen molar-refractivity contribution in [2.75, 3.05) is 36.5 Å². The molecule has 0 saturated carbocycles. The number of carbonyl (C=O) groups is 1. The van der Waals surface area contributed by atoms with E-state index < -0.39 is 0 Å². The van der Waals surface area contributed by atoms with E-state index in [1.807, 2.05) is 26.0 Å². The number of aromatic nitrogens is 2. The Morgan fingerprint density at radius 3 is 2.45 bits per heavy atom. The minimum Gasteiger partial charge on any atom is -0.378 e. The molecule has 2 aromatic rings. The number of imidazole rings is 1. The molecule has 1 aliphatic heterocycles. The van der Waals surface area contributed by atoms with Gasteiger partial charge >= 0.3 is 0 Å². The molecule has 7 heteroatoms. The molecule has 6 nitrogen and oxygen atoms in total. The van der Waals surface area contributed by atoms with Crippen LogP contribution in [0.25, 0.3) is 0 Å². The largest absolute Gasteiger partial charge is 0.378 e. The van der Waals surface area contributed by atoms with Crippen molar-refractivity contribution < 1.29 is 9.53 Å². The highest BCUT2D eigenvalue weighted by molar-refractivity contribution is 8.00. The fraction of sp³-hybridized carbons (Fsp3) is 0.545. The van der Waals surface area contributed by atoms with Crippen molar-refractivity contribution in [2.24, 2.45) is 5.92 Å². The van der Waals surface area contributed by atoms with Crippen molar-refractivity contribution in [1.82, 2.24) is 9.55 Å². The molecule has 158 valence electrons. The SMILES string of the molecule is Cc1nc(S[C@@H](C)C(=O)Nc2ccc(N3CCOCC3)cc2)n(CC(C)C)c1C. The van der Waals surface area contributed by atoms with Crippen LogP contribution >= 0.6 is 11.8 Å². The minimum atomic E-state index is -0.235. The number of hydrogen-bond acceptors (Lipinski definition) is 5. The smallest absolute Gasteiger partial charge is 0.237 e. The van der Waals surface area contributed by atoms with Crippen LogP contribution in [0, 0.1) is 19.8 Å². The second kappa shape index (κ2) is 9.67. The zero-order valence-electron chi connectivity index (χ0n) is 18.1. The summed E-state index contributed by atoms with van der Waals surface area (Å²) >= 11 is 1.52. The summed E-state index contributed by atoms with van der Waals surface area (Å²) in [7, 11) is 0. The fourth-order valence-corrected chi connectivity index (χ4v) is 4.34. The van der Waals surface area contributed by atoms with E-state index in [-0.39, 0.29) is 11.2 Å². The first-order chi connectivity index (χ1) is 13.8. The van der Waals surface area contributed by atoms with E-state index >= 15 is 0 Å². The number of anilines is 2. The van der Waals surface area contributed by atoms with E-state index in [2.05, 4.69) is 52.7 Å². The molecule has 1 aromatic carbocycles. The Balaban J connectivity index is 1.61. The normalized spacial score (nSPS) is 15.6. The maximum Gasteiger partial charge on any atom is 0.237 e. The summed E-state index contributed by atoms with van der Waals surface area (Å²) in [6, 6.07) is 8.05. The van der Waals surface area contributed by atoms with E-state index in [0.29, 0.717) is 5.92 Å². The standard InChI is InChI=1S/C22H32N4O2S/c1-15(2)14-26-17(4)16(3)23-22(26)29-18(5)21(27)24-19-6-8-20(9-7-19)25-10-12-28-13-11-25/h6-9,15,18H,10-14H2,1-5H3,(H,24,27)/t18-/m0/s1. The van der Waals surface area contributed by atoms with Gasteiger partial charge in [-0.15, -0.1) is 0 Å². The third-order valence-electron chi connectivity index (χ3n) is 5.13. The fourth-order valence-electron chi connectivity index (χ4n) is 3.33. The summed E-state index contributed by atoms with van der Waals surface area (Å²) in [5.74, 6) is 0.513. The van der Waals surface area contributed by atoms with E-state index in [4.69, 9.17) is 4.74 Å². The van der Waals surface area contributed by atoms with Crippen molar-refractivity contribution in [2.45, 2.75) is 51.6 Å². The lowest BCUT2D eigenvalue weighted by molar-refractivity contribution is -0.115. The van der Waals surface area contributed by atoms with Crippen LogP contribution in [0.4, 0.5) is 11.4 Å². The number of aryl methyl sites for hydroxylation is 1. The summed E-state index contributed by atoms with van der Waals surface area (Å²) in [5.41, 5.74) is 4.18. The summed E-state index contributed by atoms with van der Waals surface area (Å²) in [4.78, 5) is 19.7. The molecule has 3 rings (SSSR count). The molecule has 1 saturated heterocycles. The van der Waals surface area contributed by atoms with E-state index in [0.717, 1.165) is 55.1 Å². The first kappa shape index (κ1) is 21.7. The van der Waals surface area contributed by atoms with Crippen molar-refractivity contribution in [3.05, 3.63) is 35.7 Å². The number of nitrogens with zero attached hydrogens (tertiary/aromatic N) is 3. The number of benzene rings is 1. The predicted octanol–water partition coefficient (Wildman–Crippen LogP) is 4.11. The van der Waals surface area contributed by atoms with Crippen LogP contribution in [0.5, 0.6) is 0 Å². The van der Waals surface area contributed by atoms with Gasteiger partial charge in [0, 0.05) is 36.7 Å². The maximum absolute atomic E-state index is 12.7. The van der Waals surface area contributed by atoms with E-state index in [1.165, 1.54) is 17.5 Å². The van der Waals surface area contributed by atoms with E-state index in [9.17, 15) is 4.79 Å². The van der Waals surface area contributed by atoms with Crippen LogP contribution in [0.3, 0.4) is 0 Å². The quantitative estimate of drug-likeness (QED) is 0.688. The van der Waals surface area contributed by atoms with Gasteiger partial charge in [-0.2, -0.15) is 0 Å². The van der Waals surface area contributed by atoms with Gasteiger partial charge in [0.25, 0.3) is 0 Å². The highest BCUT2D eigenvalue weighted by atomic mass is 32.2. The van der Waals surface area contributed by atoms with Gasteiger partial charge in [0.15, 0.2) is 5.16 Å². The van der Waals surface area contributed by atoms with Gasteiger partial charge in [0.2, 0.25) is 5.91 Å². The van der Waals surface area contributed by atoms with Gasteiger partial charge in [-0.25, -0.2) is 4.98 Å². The Kier molecular flexibility index (Phi) is 7.24. The number of hydrogen-bond donors (Lipinski definition) is 1. The van der Waals surface area contributed by atoms with Crippen LogP contribution < -0.4 is 10.2 Å². The average Bonchev–Trinajstić information content (AvgIpc) is 2.96. The molecule has 1 fully saturated rings. The van der Waals surface area contributed by atoms with Crippen LogP contribution in [-0.4, -0.2) is 47.0 Å². The summed E-state index contributed by atoms with van der Waals surface area (Å²) in [5, 5.41) is 3.71. The summed E-state index contributed by atoms with van der Waals surface area (Å²) in [6.07, 6.45) is 0. The number of ether oxygens (including phenoxy) is 1. The minimum absolute atomic E-state index is 0.0106. The van der Waals surface area contributed by atoms with Gasteiger partial charge in [-0.05, 0) is 51.0 Å². The Hall–Kier alpha value is -1.99.